The summed E-state index contributed by atoms with van der Waals surface area (Å²) in [5.41, 5.74) is 0. The van der Waals surface area contributed by atoms with E-state index in [1.54, 1.807) is 0 Å². The Balaban J connectivity index is 6.83. The number of aliphatic hydroxyl groups is 2. The molecule has 0 aromatic carbocycles. The fourth-order valence-electron chi connectivity index (χ4n) is 1.74. The van der Waals surface area contributed by atoms with E-state index in [0.29, 0.717) is 0 Å². The second-order valence-corrected chi connectivity index (χ2v) is 6.00. The number of hydrogen-bond acceptors (Lipinski definition) is 2. The summed E-state index contributed by atoms with van der Waals surface area (Å²) < 4.78 is 255. The molecule has 0 radical (unpaired) electrons. The van der Waals surface area contributed by atoms with Crippen LogP contribution in [0.1, 0.15) is 0 Å². The lowest BCUT2D eigenvalue weighted by Gasteiger charge is -2.43. The van der Waals surface area contributed by atoms with Crippen molar-refractivity contribution >= 4 is 0 Å². The van der Waals surface area contributed by atoms with Crippen LogP contribution < -0.4 is 0 Å². The normalized spacial score (nSPS) is 18.4. The predicted octanol–water partition coefficient (Wildman–Crippen LogP) is 5.28. The number of alkyl halides is 20. The zero-order valence-electron chi connectivity index (χ0n) is 14.1. The molecule has 0 bridgehead atoms. The number of hydrogen-bond donors (Lipinski definition) is 2. The maximum atomic E-state index is 13.3. The summed E-state index contributed by atoms with van der Waals surface area (Å²) in [6.45, 7) is 0. The van der Waals surface area contributed by atoms with E-state index in [1.165, 1.54) is 0 Å². The summed E-state index contributed by atoms with van der Waals surface area (Å²) in [7, 11) is 0. The Morgan fingerprint density at radius 1 is 0.333 bits per heavy atom. The van der Waals surface area contributed by atoms with Crippen LogP contribution in [0.4, 0.5) is 87.8 Å². The van der Waals surface area contributed by atoms with Gasteiger partial charge in [-0.25, -0.2) is 0 Å². The molecule has 0 aromatic heterocycles. The Hall–Kier alpha value is -1.48. The first-order valence-electron chi connectivity index (χ1n) is 6.96. The third kappa shape index (κ3) is 4.13. The smallest absolute Gasteiger partial charge is 0.383 e. The van der Waals surface area contributed by atoms with Crippen LogP contribution in [0.3, 0.4) is 0 Å². The molecule has 0 heterocycles. The molecule has 0 aliphatic rings. The van der Waals surface area contributed by atoms with Gasteiger partial charge in [0.05, 0.1) is 0 Å². The minimum absolute atomic E-state index is 5.21. The SMILES string of the molecule is OC(C(O)C(F)(F)C(F)(F)C(F)(F)C(F)(F)C(F)(F)C(F)(F)C(F)(F)C(F)(F)F)C(F)(F)F. The molecule has 0 amide bonds. The van der Waals surface area contributed by atoms with E-state index in [0.717, 1.165) is 0 Å². The summed E-state index contributed by atoms with van der Waals surface area (Å²) in [5, 5.41) is 16.6. The standard InChI is InChI=1S/C11H4F20O2/c12-3(13,1(32)2(33)4(14,15)16)5(17,18)6(19,20)7(21,22)8(23,24)9(25,26)10(27,28)11(29,30)31/h1-2,32-33H. The molecule has 0 aliphatic carbocycles. The van der Waals surface area contributed by atoms with Gasteiger partial charge in [-0.1, -0.05) is 0 Å². The highest BCUT2D eigenvalue weighted by molar-refractivity contribution is 5.16. The van der Waals surface area contributed by atoms with E-state index in [1.807, 2.05) is 0 Å². The molecule has 0 saturated carbocycles. The Kier molecular flexibility index (Phi) is 7.42. The molecular weight excluding hydrogens is 544 g/mol. The van der Waals surface area contributed by atoms with Crippen LogP contribution in [0.2, 0.25) is 0 Å². The van der Waals surface area contributed by atoms with Gasteiger partial charge in [-0.05, 0) is 0 Å². The molecule has 0 spiro atoms. The van der Waals surface area contributed by atoms with E-state index in [-0.39, 0.29) is 0 Å². The summed E-state index contributed by atoms with van der Waals surface area (Å²) in [4.78, 5) is 0. The fourth-order valence-corrected chi connectivity index (χ4v) is 1.74. The molecule has 2 nitrogen and oxygen atoms in total. The molecule has 33 heavy (non-hydrogen) atoms. The summed E-state index contributed by atoms with van der Waals surface area (Å²) >= 11 is 0. The molecule has 2 atom stereocenters. The molecular formula is C11H4F20O2. The lowest BCUT2D eigenvalue weighted by atomic mass is 9.87. The first-order valence-corrected chi connectivity index (χ1v) is 6.96. The second kappa shape index (κ2) is 7.77. The average Bonchev–Trinajstić information content (AvgIpc) is 2.57. The van der Waals surface area contributed by atoms with Crippen molar-refractivity contribution in [3.8, 4) is 0 Å². The quantitative estimate of drug-likeness (QED) is 0.406. The van der Waals surface area contributed by atoms with Crippen molar-refractivity contribution in [2.45, 2.75) is 66.0 Å². The van der Waals surface area contributed by atoms with Crippen molar-refractivity contribution in [2.24, 2.45) is 0 Å². The maximum Gasteiger partial charge on any atom is 0.460 e. The highest BCUT2D eigenvalue weighted by Crippen LogP contribution is 2.64. The van der Waals surface area contributed by atoms with E-state index in [9.17, 15) is 87.8 Å². The lowest BCUT2D eigenvalue weighted by molar-refractivity contribution is -0.465. The van der Waals surface area contributed by atoms with E-state index >= 15 is 0 Å². The van der Waals surface area contributed by atoms with Gasteiger partial charge in [-0.15, -0.1) is 0 Å². The molecule has 0 fully saturated rings. The van der Waals surface area contributed by atoms with Gasteiger partial charge < -0.3 is 10.2 Å². The van der Waals surface area contributed by atoms with Crippen molar-refractivity contribution in [3.63, 3.8) is 0 Å². The molecule has 0 aromatic rings. The van der Waals surface area contributed by atoms with Gasteiger partial charge in [-0.2, -0.15) is 87.8 Å². The maximum absolute atomic E-state index is 13.3. The van der Waals surface area contributed by atoms with Gasteiger partial charge >= 0.3 is 53.8 Å². The van der Waals surface area contributed by atoms with Crippen LogP contribution in [-0.2, 0) is 0 Å². The molecule has 0 aliphatic heterocycles. The van der Waals surface area contributed by atoms with Crippen molar-refractivity contribution in [3.05, 3.63) is 0 Å². The third-order valence-electron chi connectivity index (χ3n) is 3.75. The largest absolute Gasteiger partial charge is 0.460 e. The number of rotatable bonds is 8. The van der Waals surface area contributed by atoms with Crippen LogP contribution >= 0.6 is 0 Å². The topological polar surface area (TPSA) is 40.5 Å². The van der Waals surface area contributed by atoms with Gasteiger partial charge in [0.15, 0.2) is 12.2 Å². The first kappa shape index (κ1) is 31.5. The van der Waals surface area contributed by atoms with Crippen molar-refractivity contribution in [2.75, 3.05) is 0 Å². The first-order chi connectivity index (χ1) is 13.8. The van der Waals surface area contributed by atoms with Crippen molar-refractivity contribution < 1.29 is 98.0 Å². The summed E-state index contributed by atoms with van der Waals surface area (Å²) in [6, 6.07) is 0. The van der Waals surface area contributed by atoms with Crippen molar-refractivity contribution in [1.82, 2.24) is 0 Å². The lowest BCUT2D eigenvalue weighted by Crippen LogP contribution is -2.75. The highest BCUT2D eigenvalue weighted by Gasteiger charge is 2.95. The van der Waals surface area contributed by atoms with Crippen LogP contribution in [0.25, 0.3) is 0 Å². The molecule has 22 heteroatoms. The zero-order chi connectivity index (χ0) is 27.7. The van der Waals surface area contributed by atoms with Gasteiger partial charge in [0.25, 0.3) is 0 Å². The monoisotopic (exact) mass is 548 g/mol. The van der Waals surface area contributed by atoms with Crippen LogP contribution in [0, 0.1) is 0 Å². The third-order valence-corrected chi connectivity index (χ3v) is 3.75. The van der Waals surface area contributed by atoms with E-state index < -0.39 is 66.0 Å². The Morgan fingerprint density at radius 2 is 0.576 bits per heavy atom. The minimum Gasteiger partial charge on any atom is -0.383 e. The van der Waals surface area contributed by atoms with Crippen LogP contribution in [-0.4, -0.2) is 76.2 Å². The zero-order valence-corrected chi connectivity index (χ0v) is 14.1. The van der Waals surface area contributed by atoms with Crippen LogP contribution in [0.15, 0.2) is 0 Å². The summed E-state index contributed by atoms with van der Waals surface area (Å²) in [6.07, 6.45) is -25.4. The Labute approximate surface area is 165 Å². The second-order valence-electron chi connectivity index (χ2n) is 6.00. The van der Waals surface area contributed by atoms with E-state index in [2.05, 4.69) is 0 Å². The molecule has 2 unspecified atom stereocenters. The van der Waals surface area contributed by atoms with Gasteiger partial charge in [0, 0.05) is 0 Å². The molecule has 2 N–H and O–H groups in total. The Morgan fingerprint density at radius 3 is 0.818 bits per heavy atom. The highest BCUT2D eigenvalue weighted by atomic mass is 19.4. The molecule has 0 rings (SSSR count). The van der Waals surface area contributed by atoms with E-state index in [4.69, 9.17) is 10.2 Å². The fraction of sp³-hybridized carbons (Fsp3) is 1.00. The van der Waals surface area contributed by atoms with Crippen LogP contribution in [0.5, 0.6) is 0 Å². The number of halogens is 20. The van der Waals surface area contributed by atoms with Gasteiger partial charge in [0.1, 0.15) is 0 Å². The van der Waals surface area contributed by atoms with Gasteiger partial charge in [0.2, 0.25) is 0 Å². The van der Waals surface area contributed by atoms with Gasteiger partial charge in [-0.3, -0.25) is 0 Å². The number of aliphatic hydroxyl groups excluding tert-OH is 2. The Bertz CT molecular complexity index is 702. The predicted molar refractivity (Wildman–Crippen MR) is 58.8 cm³/mol. The molecule has 200 valence electrons. The average molecular weight is 548 g/mol. The molecule has 0 saturated heterocycles. The minimum atomic E-state index is -9.01. The van der Waals surface area contributed by atoms with Crippen molar-refractivity contribution in [1.29, 1.82) is 0 Å². The summed E-state index contributed by atoms with van der Waals surface area (Å²) in [5.74, 6) is -60.3.